The van der Waals surface area contributed by atoms with Crippen LogP contribution in [0.1, 0.15) is 34.2 Å². The first-order valence-corrected chi connectivity index (χ1v) is 25.6. The molecule has 1 unspecified atom stereocenters. The summed E-state index contributed by atoms with van der Waals surface area (Å²) >= 11 is 0. The molecule has 0 bridgehead atoms. The Labute approximate surface area is 421 Å². The molecule has 2 N–H and O–H groups in total. The smallest absolute Gasteiger partial charge is 0.161 e. The fraction of sp³-hybridized carbons (Fsp3) is 0.404. The van der Waals surface area contributed by atoms with E-state index in [-0.39, 0.29) is 6.10 Å². The number of hydrogen-bond donors (Lipinski definition) is 1. The number of benzene rings is 5. The van der Waals surface area contributed by atoms with Gasteiger partial charge in [0, 0.05) is 17.5 Å². The van der Waals surface area contributed by atoms with E-state index in [1.165, 1.54) is 22.3 Å². The molecule has 0 amide bonds. The summed E-state index contributed by atoms with van der Waals surface area (Å²) in [5.74, 6) is 4.99. The molecule has 0 saturated heterocycles. The molecule has 5 aromatic rings. The van der Waals surface area contributed by atoms with Gasteiger partial charge < -0.3 is 62.3 Å². The van der Waals surface area contributed by atoms with Gasteiger partial charge in [0.05, 0.1) is 78.3 Å². The van der Waals surface area contributed by atoms with E-state index in [0.717, 1.165) is 30.1 Å². The number of nitrogens with zero attached hydrogens (tertiary/aromatic N) is 1. The van der Waals surface area contributed by atoms with Crippen molar-refractivity contribution < 1.29 is 87.4 Å². The molecule has 0 fully saturated rings. The molecule has 0 saturated carbocycles. The van der Waals surface area contributed by atoms with Crippen molar-refractivity contribution in [3.63, 3.8) is 0 Å². The number of fused-ring (bicyclic) bond motifs is 2. The molecule has 2 aliphatic rings. The molecule has 402 valence electrons. The molecular weight excluding hydrogens is 990 g/mol. The Morgan fingerprint density at radius 1 is 0.521 bits per heavy atom. The second-order valence-corrected chi connectivity index (χ2v) is 18.3. The van der Waals surface area contributed by atoms with E-state index < -0.39 is 7.81 Å². The standard InChI is InChI=1S/C28H32N2O4.C24H32O8.F6P/c1-19-12-20(2)14-22(13-19)17-29-16-21-8-10-23(11-9-21)33-18-24-15-25(30-34-24)28-26(31-3)6-5-7-27(28)32-4;1-2-6-22-21(5-1)29-17-13-25-9-10-27-15-19-31-23-7-3-4-8-24(23)32-20-16-28-12-11-26-14-18-30-22;1-7(2,3,4,5)6/h5-14,24,29H,15-18H2,1-4H3;1-8H,9-20H2;/q;;-1/p+1. The Morgan fingerprint density at radius 2 is 0.918 bits per heavy atom. The monoisotopic (exact) mass is 1050 g/mol. The average Bonchev–Trinajstić information content (AvgIpc) is 3.82. The number of para-hydroxylation sites is 4. The van der Waals surface area contributed by atoms with Gasteiger partial charge in [-0.2, -0.15) is 0 Å². The zero-order valence-electron chi connectivity index (χ0n) is 41.4. The number of nitrogens with two attached hydrogens (primary N) is 1. The van der Waals surface area contributed by atoms with Crippen molar-refractivity contribution in [2.45, 2.75) is 39.5 Å². The van der Waals surface area contributed by atoms with Crippen LogP contribution in [0.25, 0.3) is 0 Å². The van der Waals surface area contributed by atoms with E-state index in [4.69, 9.17) is 56.9 Å². The maximum atomic E-state index is 9.87. The van der Waals surface area contributed by atoms with Crippen LogP contribution >= 0.6 is 7.81 Å². The van der Waals surface area contributed by atoms with Crippen LogP contribution in [0, 0.1) is 13.8 Å². The van der Waals surface area contributed by atoms with Crippen LogP contribution in [0.5, 0.6) is 40.2 Å². The number of ether oxygens (including phenoxy) is 11. The molecule has 0 spiro atoms. The van der Waals surface area contributed by atoms with E-state index in [1.807, 2.05) is 78.9 Å². The van der Waals surface area contributed by atoms with Gasteiger partial charge in [-0.25, -0.2) is 0 Å². The van der Waals surface area contributed by atoms with E-state index in [1.54, 1.807) is 14.2 Å². The van der Waals surface area contributed by atoms with Crippen LogP contribution in [0.3, 0.4) is 0 Å². The summed E-state index contributed by atoms with van der Waals surface area (Å²) in [4.78, 5) is 5.62. The van der Waals surface area contributed by atoms with E-state index >= 15 is 0 Å². The third kappa shape index (κ3) is 24.0. The molecule has 0 aliphatic carbocycles. The number of rotatable bonds is 10. The quantitative estimate of drug-likeness (QED) is 0.105. The van der Waals surface area contributed by atoms with Crippen molar-refractivity contribution in [1.82, 2.24) is 0 Å². The molecular formula is C52H65F6N2O12P. The summed E-state index contributed by atoms with van der Waals surface area (Å²) in [7, 11) is -7.38. The molecule has 14 nitrogen and oxygen atoms in total. The maximum Gasteiger partial charge on any atom is 0.161 e. The van der Waals surface area contributed by atoms with Crippen LogP contribution in [0.4, 0.5) is 25.2 Å². The van der Waals surface area contributed by atoms with Crippen molar-refractivity contribution in [3.05, 3.63) is 137 Å². The predicted octanol–water partition coefficient (Wildman–Crippen LogP) is 10.5. The van der Waals surface area contributed by atoms with Crippen molar-refractivity contribution in [2.24, 2.45) is 5.16 Å². The number of quaternary nitrogens is 1. The van der Waals surface area contributed by atoms with Gasteiger partial charge in [-0.3, -0.25) is 0 Å². The van der Waals surface area contributed by atoms with E-state index in [0.29, 0.717) is 127 Å². The minimum Gasteiger partial charge on any atom is -0.487 e. The van der Waals surface area contributed by atoms with Gasteiger partial charge in [-0.05, 0) is 74.5 Å². The van der Waals surface area contributed by atoms with Gasteiger partial charge in [-0.15, -0.1) is 0 Å². The number of oxime groups is 1. The zero-order valence-corrected chi connectivity index (χ0v) is 42.3. The summed E-state index contributed by atoms with van der Waals surface area (Å²) < 4.78 is 121. The normalized spacial score (nSPS) is 17.2. The van der Waals surface area contributed by atoms with Gasteiger partial charge in [0.2, 0.25) is 0 Å². The summed E-state index contributed by atoms with van der Waals surface area (Å²) in [6.07, 6.45) is 0.470. The molecule has 0 radical (unpaired) electrons. The van der Waals surface area contributed by atoms with Crippen molar-refractivity contribution >= 4 is 13.5 Å². The molecule has 1 atom stereocenters. The first-order valence-electron chi connectivity index (χ1n) is 23.5. The first-order chi connectivity index (χ1) is 34.9. The Hall–Kier alpha value is -6.02. The maximum absolute atomic E-state index is 10.7. The molecule has 0 aromatic heterocycles. The molecule has 2 aliphatic heterocycles. The largest absolute Gasteiger partial charge is 0.487 e. The minimum atomic E-state index is -10.7. The van der Waals surface area contributed by atoms with Crippen LogP contribution in [0.15, 0.2) is 114 Å². The molecule has 21 heteroatoms. The summed E-state index contributed by atoms with van der Waals surface area (Å²) in [5, 5.41) is 6.59. The summed E-state index contributed by atoms with van der Waals surface area (Å²) in [6, 6.07) is 35.8. The van der Waals surface area contributed by atoms with Crippen LogP contribution < -0.4 is 38.5 Å². The van der Waals surface area contributed by atoms with Crippen molar-refractivity contribution in [3.8, 4) is 40.2 Å². The fourth-order valence-electron chi connectivity index (χ4n) is 7.17. The van der Waals surface area contributed by atoms with E-state index in [2.05, 4.69) is 54.7 Å². The van der Waals surface area contributed by atoms with Crippen LogP contribution in [-0.4, -0.2) is 112 Å². The molecule has 7 rings (SSSR count). The summed E-state index contributed by atoms with van der Waals surface area (Å²) in [5.41, 5.74) is 6.89. The van der Waals surface area contributed by atoms with Gasteiger partial charge >= 0.3 is 33.0 Å². The topological polar surface area (TPSA) is 140 Å². The van der Waals surface area contributed by atoms with Gasteiger partial charge in [0.1, 0.15) is 63.4 Å². The summed E-state index contributed by atoms with van der Waals surface area (Å²) in [6.45, 7) is 12.1. The zero-order chi connectivity index (χ0) is 52.4. The number of hydrogen-bond acceptors (Lipinski definition) is 13. The second kappa shape index (κ2) is 28.4. The Morgan fingerprint density at radius 3 is 1.33 bits per heavy atom. The van der Waals surface area contributed by atoms with Gasteiger partial charge in [-0.1, -0.05) is 64.8 Å². The molecule has 5 aromatic carbocycles. The SMILES string of the molecule is COc1cccc(OC)c1C1=NOC(COc2ccc(C[NH2+]Cc3cc(C)cc(C)c3)cc2)C1.F[P-](F)(F)(F)(F)F.c1ccc2c(c1)OCCOCCOCCOc1ccccc1OCCOCCOCCO2. The molecule has 2 heterocycles. The van der Waals surface area contributed by atoms with Crippen LogP contribution in [0.2, 0.25) is 0 Å². The first kappa shape index (κ1) is 57.9. The predicted molar refractivity (Wildman–Crippen MR) is 264 cm³/mol. The number of methoxy groups -OCH3 is 2. The third-order valence-corrected chi connectivity index (χ3v) is 10.2. The average molecular weight is 1060 g/mol. The Balaban J connectivity index is 0.000000240. The van der Waals surface area contributed by atoms with E-state index in [9.17, 15) is 25.2 Å². The van der Waals surface area contributed by atoms with Gasteiger partial charge in [0.15, 0.2) is 29.1 Å². The Kier molecular flexibility index (Phi) is 22.5. The Bertz CT molecular complexity index is 2280. The minimum absolute atomic E-state index is 0.157. The van der Waals surface area contributed by atoms with Gasteiger partial charge in [0.25, 0.3) is 0 Å². The second-order valence-electron chi connectivity index (χ2n) is 16.4. The third-order valence-electron chi connectivity index (χ3n) is 10.2. The van der Waals surface area contributed by atoms with Crippen molar-refractivity contribution in [1.29, 1.82) is 0 Å². The number of halogens is 6. The molecule has 73 heavy (non-hydrogen) atoms. The van der Waals surface area contributed by atoms with Crippen LogP contribution in [-0.2, 0) is 36.9 Å². The fourth-order valence-corrected chi connectivity index (χ4v) is 7.17. The van der Waals surface area contributed by atoms with Crippen molar-refractivity contribution in [2.75, 3.05) is 100 Å². The number of aryl methyl sites for hydroxylation is 2.